The summed E-state index contributed by atoms with van der Waals surface area (Å²) in [4.78, 5) is 13.8. The molecule has 0 saturated heterocycles. The molecular formula is C6H5FeNO2. The molecule has 0 aliphatic carbocycles. The molecule has 1 N–H and O–H groups in total. The van der Waals surface area contributed by atoms with Gasteiger partial charge in [0.1, 0.15) is 0 Å². The summed E-state index contributed by atoms with van der Waals surface area (Å²) in [6, 6.07) is 2.89. The molecular weight excluding hydrogens is 174 g/mol. The fraction of sp³-hybridized carbons (Fsp3) is 0. The second-order valence-electron chi connectivity index (χ2n) is 1.54. The molecule has 54 valence electrons. The molecule has 0 bridgehead atoms. The summed E-state index contributed by atoms with van der Waals surface area (Å²) in [5.41, 5.74) is 0.269. The molecule has 3 nitrogen and oxygen atoms in total. The molecule has 1 heterocycles. The third kappa shape index (κ3) is 2.17. The van der Waals surface area contributed by atoms with Crippen LogP contribution in [-0.4, -0.2) is 16.1 Å². The first kappa shape index (κ1) is 9.14. The average Bonchev–Trinajstić information content (AvgIpc) is 1.90. The van der Waals surface area contributed by atoms with Crippen LogP contribution in [0.3, 0.4) is 0 Å². The molecule has 1 rings (SSSR count). The van der Waals surface area contributed by atoms with Crippen molar-refractivity contribution in [2.75, 3.05) is 0 Å². The molecule has 0 radical (unpaired) electrons. The van der Waals surface area contributed by atoms with Gasteiger partial charge in [-0.3, -0.25) is 4.98 Å². The molecule has 10 heavy (non-hydrogen) atoms. The van der Waals surface area contributed by atoms with E-state index in [4.69, 9.17) is 5.11 Å². The van der Waals surface area contributed by atoms with E-state index in [-0.39, 0.29) is 22.6 Å². The van der Waals surface area contributed by atoms with Crippen LogP contribution in [-0.2, 0) is 17.1 Å². The summed E-state index contributed by atoms with van der Waals surface area (Å²) in [6.45, 7) is 0. The van der Waals surface area contributed by atoms with Crippen LogP contribution >= 0.6 is 0 Å². The maximum atomic E-state index is 10.2. The Kier molecular flexibility index (Phi) is 3.69. The van der Waals surface area contributed by atoms with Crippen molar-refractivity contribution in [1.82, 2.24) is 4.98 Å². The molecule has 0 fully saturated rings. The minimum absolute atomic E-state index is 0. The average molecular weight is 179 g/mol. The third-order valence-corrected chi connectivity index (χ3v) is 0.927. The van der Waals surface area contributed by atoms with Crippen LogP contribution < -0.4 is 0 Å². The van der Waals surface area contributed by atoms with Crippen molar-refractivity contribution >= 4 is 5.97 Å². The van der Waals surface area contributed by atoms with Gasteiger partial charge in [-0.15, -0.1) is 0 Å². The minimum Gasteiger partial charge on any atom is -0.478 e. The van der Waals surface area contributed by atoms with E-state index in [1.54, 1.807) is 0 Å². The molecule has 0 aliphatic heterocycles. The quantitative estimate of drug-likeness (QED) is 0.647. The van der Waals surface area contributed by atoms with E-state index in [1.165, 1.54) is 24.5 Å². The van der Waals surface area contributed by atoms with Crippen LogP contribution in [0.15, 0.2) is 24.5 Å². The molecule has 0 amide bonds. The van der Waals surface area contributed by atoms with E-state index in [0.717, 1.165) is 0 Å². The number of aromatic carboxylic acids is 1. The topological polar surface area (TPSA) is 50.2 Å². The van der Waals surface area contributed by atoms with E-state index in [0.29, 0.717) is 0 Å². The minimum atomic E-state index is -0.919. The van der Waals surface area contributed by atoms with Gasteiger partial charge in [0.2, 0.25) is 0 Å². The van der Waals surface area contributed by atoms with Gasteiger partial charge in [0, 0.05) is 29.5 Å². The molecule has 0 saturated carbocycles. The van der Waals surface area contributed by atoms with E-state index in [2.05, 4.69) is 4.98 Å². The number of carboxylic acids is 1. The van der Waals surface area contributed by atoms with Crippen molar-refractivity contribution in [2.45, 2.75) is 0 Å². The van der Waals surface area contributed by atoms with Gasteiger partial charge in [-0.1, -0.05) is 0 Å². The first-order valence-corrected chi connectivity index (χ1v) is 2.44. The number of rotatable bonds is 1. The Morgan fingerprint density at radius 3 is 2.20 bits per heavy atom. The van der Waals surface area contributed by atoms with Crippen molar-refractivity contribution < 1.29 is 27.0 Å². The summed E-state index contributed by atoms with van der Waals surface area (Å²) in [6.07, 6.45) is 2.90. The Hall–Kier alpha value is -0.861. The zero-order valence-electron chi connectivity index (χ0n) is 4.97. The van der Waals surface area contributed by atoms with Gasteiger partial charge >= 0.3 is 5.97 Å². The fourth-order valence-corrected chi connectivity index (χ4v) is 0.494. The van der Waals surface area contributed by atoms with E-state index in [1.807, 2.05) is 0 Å². The van der Waals surface area contributed by atoms with Crippen molar-refractivity contribution in [3.05, 3.63) is 30.1 Å². The molecule has 1 aromatic rings. The van der Waals surface area contributed by atoms with Gasteiger partial charge in [-0.25, -0.2) is 4.79 Å². The number of nitrogens with zero attached hydrogens (tertiary/aromatic N) is 1. The van der Waals surface area contributed by atoms with E-state index in [9.17, 15) is 4.79 Å². The summed E-state index contributed by atoms with van der Waals surface area (Å²) in [5.74, 6) is -0.919. The van der Waals surface area contributed by atoms with Gasteiger partial charge in [-0.2, -0.15) is 0 Å². The molecule has 0 aromatic carbocycles. The summed E-state index contributed by atoms with van der Waals surface area (Å²) >= 11 is 0. The number of carbonyl (C=O) groups is 1. The molecule has 1 aromatic heterocycles. The van der Waals surface area contributed by atoms with E-state index < -0.39 is 5.97 Å². The van der Waals surface area contributed by atoms with Crippen LogP contribution in [0.2, 0.25) is 0 Å². The zero-order valence-corrected chi connectivity index (χ0v) is 6.07. The van der Waals surface area contributed by atoms with Gasteiger partial charge < -0.3 is 5.11 Å². The Labute approximate surface area is 68.6 Å². The fourth-order valence-electron chi connectivity index (χ4n) is 0.494. The maximum absolute atomic E-state index is 10.2. The Morgan fingerprint density at radius 2 is 1.90 bits per heavy atom. The number of hydrogen-bond donors (Lipinski definition) is 1. The first-order chi connectivity index (χ1) is 4.30. The smallest absolute Gasteiger partial charge is 0.335 e. The molecule has 0 unspecified atom stereocenters. The van der Waals surface area contributed by atoms with Crippen LogP contribution in [0.5, 0.6) is 0 Å². The largest absolute Gasteiger partial charge is 0.478 e. The normalized spacial score (nSPS) is 8.00. The van der Waals surface area contributed by atoms with Crippen LogP contribution in [0.1, 0.15) is 10.4 Å². The van der Waals surface area contributed by atoms with Crippen molar-refractivity contribution in [3.8, 4) is 0 Å². The van der Waals surface area contributed by atoms with E-state index >= 15 is 0 Å². The van der Waals surface area contributed by atoms with Crippen molar-refractivity contribution in [2.24, 2.45) is 0 Å². The Balaban J connectivity index is 0.000000810. The predicted octanol–water partition coefficient (Wildman–Crippen LogP) is 0.777. The Morgan fingerprint density at radius 1 is 1.40 bits per heavy atom. The first-order valence-electron chi connectivity index (χ1n) is 2.44. The van der Waals surface area contributed by atoms with Crippen LogP contribution in [0, 0.1) is 0 Å². The number of pyridine rings is 1. The summed E-state index contributed by atoms with van der Waals surface area (Å²) in [7, 11) is 0. The number of hydrogen-bond acceptors (Lipinski definition) is 2. The maximum Gasteiger partial charge on any atom is 0.335 e. The second-order valence-corrected chi connectivity index (χ2v) is 1.54. The third-order valence-electron chi connectivity index (χ3n) is 0.927. The summed E-state index contributed by atoms with van der Waals surface area (Å²) < 4.78 is 0. The number of carboxylic acid groups (broad SMARTS) is 1. The summed E-state index contributed by atoms with van der Waals surface area (Å²) in [5, 5.41) is 8.36. The van der Waals surface area contributed by atoms with Crippen molar-refractivity contribution in [1.29, 1.82) is 0 Å². The van der Waals surface area contributed by atoms with Gasteiger partial charge in [0.25, 0.3) is 0 Å². The van der Waals surface area contributed by atoms with Crippen LogP contribution in [0.4, 0.5) is 0 Å². The monoisotopic (exact) mass is 179 g/mol. The molecule has 0 spiro atoms. The van der Waals surface area contributed by atoms with Crippen molar-refractivity contribution in [3.63, 3.8) is 0 Å². The standard InChI is InChI=1S/C6H5NO2.Fe/c8-6(9)5-1-3-7-4-2-5;/h1-4H,(H,8,9);. The van der Waals surface area contributed by atoms with Crippen LogP contribution in [0.25, 0.3) is 0 Å². The molecule has 4 heteroatoms. The van der Waals surface area contributed by atoms with Gasteiger partial charge in [0.15, 0.2) is 0 Å². The molecule has 0 aliphatic rings. The number of aromatic nitrogens is 1. The SMILES string of the molecule is O=C(O)c1ccncc1.[Fe]. The Bertz CT molecular complexity index is 212. The zero-order chi connectivity index (χ0) is 6.69. The van der Waals surface area contributed by atoms with Gasteiger partial charge in [0.05, 0.1) is 5.56 Å². The second kappa shape index (κ2) is 4.04. The predicted molar refractivity (Wildman–Crippen MR) is 31.2 cm³/mol. The molecule has 0 atom stereocenters. The van der Waals surface area contributed by atoms with Gasteiger partial charge in [-0.05, 0) is 12.1 Å².